The molecule has 3 nitrogen and oxygen atoms in total. The summed E-state index contributed by atoms with van der Waals surface area (Å²) in [6, 6.07) is 4.71. The number of nitrogens with one attached hydrogen (secondary N) is 1. The number of nitrogens with two attached hydrogens (primary N) is 1. The van der Waals surface area contributed by atoms with E-state index in [0.29, 0.717) is 12.4 Å². The van der Waals surface area contributed by atoms with Gasteiger partial charge in [0.2, 0.25) is 0 Å². The third-order valence-corrected chi connectivity index (χ3v) is 2.00. The summed E-state index contributed by atoms with van der Waals surface area (Å²) in [6.45, 7) is 0.305. The van der Waals surface area contributed by atoms with E-state index in [2.05, 4.69) is 10.3 Å². The summed E-state index contributed by atoms with van der Waals surface area (Å²) in [6.07, 6.45) is -4.38. The van der Waals surface area contributed by atoms with E-state index in [1.54, 1.807) is 0 Å². The minimum atomic E-state index is -4.38. The van der Waals surface area contributed by atoms with Crippen LogP contribution in [0, 0.1) is 0 Å². The first-order valence-electron chi connectivity index (χ1n) is 4.73. The summed E-state index contributed by atoms with van der Waals surface area (Å²) < 4.78 is 37.2. The van der Waals surface area contributed by atoms with Gasteiger partial charge in [0.25, 0.3) is 0 Å². The average Bonchev–Trinajstić information content (AvgIpc) is 2.25. The molecule has 3 N–H and O–H groups in total. The Labute approximate surface area is 101 Å². The summed E-state index contributed by atoms with van der Waals surface area (Å²) in [5.41, 5.74) is 4.94. The van der Waals surface area contributed by atoms with E-state index in [1.807, 2.05) is 0 Å². The Hall–Kier alpha value is -1.43. The number of aliphatic imine (C=N–C) groups is 1. The number of hydrogen-bond acceptors (Lipinski definition) is 1. The van der Waals surface area contributed by atoms with Crippen LogP contribution in [-0.2, 0) is 6.18 Å². The predicted octanol–water partition coefficient (Wildman–Crippen LogP) is 2.67. The van der Waals surface area contributed by atoms with Crippen molar-refractivity contribution >= 4 is 23.2 Å². The van der Waals surface area contributed by atoms with E-state index in [4.69, 9.17) is 17.3 Å². The van der Waals surface area contributed by atoms with E-state index >= 15 is 0 Å². The summed E-state index contributed by atoms with van der Waals surface area (Å²) >= 11 is 5.39. The zero-order valence-electron chi connectivity index (χ0n) is 8.76. The summed E-state index contributed by atoms with van der Waals surface area (Å²) in [5, 5.41) is 2.56. The SMILES string of the molecule is NC(=NCCCl)Nc1cccc(C(F)(F)F)c1. The fourth-order valence-electron chi connectivity index (χ4n) is 1.12. The van der Waals surface area contributed by atoms with Crippen molar-refractivity contribution in [3.8, 4) is 0 Å². The number of rotatable bonds is 3. The van der Waals surface area contributed by atoms with E-state index in [-0.39, 0.29) is 11.6 Å². The van der Waals surface area contributed by atoms with Gasteiger partial charge in [-0.15, -0.1) is 11.6 Å². The van der Waals surface area contributed by atoms with Gasteiger partial charge < -0.3 is 11.1 Å². The van der Waals surface area contributed by atoms with Crippen LogP contribution in [0.15, 0.2) is 29.3 Å². The van der Waals surface area contributed by atoms with Gasteiger partial charge in [0.1, 0.15) is 0 Å². The highest BCUT2D eigenvalue weighted by molar-refractivity contribution is 6.18. The Morgan fingerprint density at radius 2 is 2.12 bits per heavy atom. The highest BCUT2D eigenvalue weighted by atomic mass is 35.5. The molecule has 0 aliphatic rings. The smallest absolute Gasteiger partial charge is 0.370 e. The van der Waals surface area contributed by atoms with Gasteiger partial charge in [0.15, 0.2) is 5.96 Å². The second kappa shape index (κ2) is 5.77. The number of guanidine groups is 1. The van der Waals surface area contributed by atoms with Crippen molar-refractivity contribution in [2.75, 3.05) is 17.7 Å². The normalized spacial score (nSPS) is 12.6. The molecule has 0 bridgehead atoms. The van der Waals surface area contributed by atoms with E-state index < -0.39 is 11.7 Å². The lowest BCUT2D eigenvalue weighted by atomic mass is 10.2. The van der Waals surface area contributed by atoms with Crippen LogP contribution in [0.5, 0.6) is 0 Å². The minimum absolute atomic E-state index is 0.0324. The third-order valence-electron chi connectivity index (χ3n) is 1.83. The quantitative estimate of drug-likeness (QED) is 0.501. The Bertz CT molecular complexity index is 404. The van der Waals surface area contributed by atoms with Gasteiger partial charge in [-0.1, -0.05) is 6.07 Å². The molecule has 17 heavy (non-hydrogen) atoms. The van der Waals surface area contributed by atoms with Gasteiger partial charge in [0, 0.05) is 11.6 Å². The maximum atomic E-state index is 12.4. The summed E-state index contributed by atoms with van der Waals surface area (Å²) in [5.74, 6) is 0.329. The fourth-order valence-corrected chi connectivity index (χ4v) is 1.21. The van der Waals surface area contributed by atoms with Crippen LogP contribution in [-0.4, -0.2) is 18.4 Å². The molecular weight excluding hydrogens is 255 g/mol. The topological polar surface area (TPSA) is 50.4 Å². The van der Waals surface area contributed by atoms with Gasteiger partial charge in [-0.2, -0.15) is 13.2 Å². The van der Waals surface area contributed by atoms with E-state index in [0.717, 1.165) is 12.1 Å². The number of halogens is 4. The summed E-state index contributed by atoms with van der Waals surface area (Å²) in [7, 11) is 0. The molecule has 0 radical (unpaired) electrons. The van der Waals surface area contributed by atoms with Crippen molar-refractivity contribution in [2.24, 2.45) is 10.7 Å². The van der Waals surface area contributed by atoms with Crippen molar-refractivity contribution in [1.82, 2.24) is 0 Å². The molecular formula is C10H11ClF3N3. The standard InChI is InChI=1S/C10H11ClF3N3/c11-4-5-16-9(15)17-8-3-1-2-7(6-8)10(12,13)14/h1-3,6H,4-5H2,(H3,15,16,17). The zero-order chi connectivity index (χ0) is 12.9. The Kier molecular flexibility index (Phi) is 4.62. The Balaban J connectivity index is 2.79. The van der Waals surface area contributed by atoms with E-state index in [9.17, 15) is 13.2 Å². The van der Waals surface area contributed by atoms with Gasteiger partial charge in [0.05, 0.1) is 12.1 Å². The molecule has 94 valence electrons. The molecule has 1 rings (SSSR count). The largest absolute Gasteiger partial charge is 0.416 e. The average molecular weight is 266 g/mol. The maximum absolute atomic E-state index is 12.4. The van der Waals surface area contributed by atoms with Gasteiger partial charge in [-0.25, -0.2) is 0 Å². The molecule has 7 heteroatoms. The van der Waals surface area contributed by atoms with Crippen LogP contribution < -0.4 is 11.1 Å². The molecule has 0 saturated carbocycles. The number of benzene rings is 1. The molecule has 1 aromatic rings. The highest BCUT2D eigenvalue weighted by Crippen LogP contribution is 2.30. The van der Waals surface area contributed by atoms with Crippen LogP contribution in [0.25, 0.3) is 0 Å². The molecule has 0 amide bonds. The molecule has 0 unspecified atom stereocenters. The van der Waals surface area contributed by atoms with Crippen molar-refractivity contribution < 1.29 is 13.2 Å². The van der Waals surface area contributed by atoms with Crippen molar-refractivity contribution in [3.05, 3.63) is 29.8 Å². The predicted molar refractivity (Wildman–Crippen MR) is 62.3 cm³/mol. The number of nitrogens with zero attached hydrogens (tertiary/aromatic N) is 1. The van der Waals surface area contributed by atoms with Crippen molar-refractivity contribution in [2.45, 2.75) is 6.18 Å². The first-order valence-corrected chi connectivity index (χ1v) is 5.27. The molecule has 0 heterocycles. The summed E-state index contributed by atoms with van der Waals surface area (Å²) in [4.78, 5) is 3.80. The molecule has 0 aromatic heterocycles. The second-order valence-corrected chi connectivity index (χ2v) is 3.54. The highest BCUT2D eigenvalue weighted by Gasteiger charge is 2.30. The monoisotopic (exact) mass is 265 g/mol. The number of anilines is 1. The first kappa shape index (κ1) is 13.6. The fraction of sp³-hybridized carbons (Fsp3) is 0.300. The number of alkyl halides is 4. The lowest BCUT2D eigenvalue weighted by Crippen LogP contribution is -2.23. The minimum Gasteiger partial charge on any atom is -0.370 e. The van der Waals surface area contributed by atoms with Crippen LogP contribution in [0.3, 0.4) is 0 Å². The Morgan fingerprint density at radius 3 is 2.71 bits per heavy atom. The Morgan fingerprint density at radius 1 is 1.41 bits per heavy atom. The number of hydrogen-bond donors (Lipinski definition) is 2. The lowest BCUT2D eigenvalue weighted by Gasteiger charge is -2.09. The van der Waals surface area contributed by atoms with Gasteiger partial charge >= 0.3 is 6.18 Å². The van der Waals surface area contributed by atoms with Crippen LogP contribution in [0.2, 0.25) is 0 Å². The van der Waals surface area contributed by atoms with Crippen LogP contribution in [0.1, 0.15) is 5.56 Å². The molecule has 0 spiro atoms. The van der Waals surface area contributed by atoms with Gasteiger partial charge in [-0.3, -0.25) is 4.99 Å². The lowest BCUT2D eigenvalue weighted by molar-refractivity contribution is -0.137. The molecule has 1 aromatic carbocycles. The van der Waals surface area contributed by atoms with Gasteiger partial charge in [-0.05, 0) is 18.2 Å². The second-order valence-electron chi connectivity index (χ2n) is 3.16. The molecule has 0 aliphatic heterocycles. The molecule has 0 atom stereocenters. The van der Waals surface area contributed by atoms with Crippen LogP contribution in [0.4, 0.5) is 18.9 Å². The van der Waals surface area contributed by atoms with E-state index in [1.165, 1.54) is 12.1 Å². The van der Waals surface area contributed by atoms with Crippen LogP contribution >= 0.6 is 11.6 Å². The van der Waals surface area contributed by atoms with Crippen molar-refractivity contribution in [3.63, 3.8) is 0 Å². The molecule has 0 fully saturated rings. The van der Waals surface area contributed by atoms with Crippen molar-refractivity contribution in [1.29, 1.82) is 0 Å². The molecule has 0 aliphatic carbocycles. The maximum Gasteiger partial charge on any atom is 0.416 e. The third kappa shape index (κ3) is 4.52. The molecule has 0 saturated heterocycles. The first-order chi connectivity index (χ1) is 7.93. The zero-order valence-corrected chi connectivity index (χ0v) is 9.52.